The van der Waals surface area contributed by atoms with E-state index in [1.807, 2.05) is 36.4 Å². The Kier molecular flexibility index (Phi) is 11.8. The molecule has 1 aliphatic carbocycles. The number of aliphatic imine (C=N–C) groups is 1. The predicted octanol–water partition coefficient (Wildman–Crippen LogP) is 3.05. The maximum Gasteiger partial charge on any atom is 0.266 e. The summed E-state index contributed by atoms with van der Waals surface area (Å²) in [5.41, 5.74) is 9.67. The van der Waals surface area contributed by atoms with Crippen LogP contribution in [0, 0.1) is 5.92 Å². The van der Waals surface area contributed by atoms with Gasteiger partial charge in [0.05, 0.1) is 28.1 Å². The van der Waals surface area contributed by atoms with Gasteiger partial charge in [0.2, 0.25) is 11.8 Å². The SMILES string of the molecule is NC(=O)C1=CNC2=CC=C(NCCCCCCCCNC(=O)COc3cccc4c3C(=O)N(C3CCC(=O)NC3=O)C4=O)CC2C1=Nc1ccccc1. The second-order valence-corrected chi connectivity index (χ2v) is 13.3. The average molecular weight is 722 g/mol. The van der Waals surface area contributed by atoms with Crippen LogP contribution in [0.25, 0.3) is 0 Å². The lowest BCUT2D eigenvalue weighted by Crippen LogP contribution is -2.54. The number of nitrogens with zero attached hydrogens (tertiary/aromatic N) is 2. The Morgan fingerprint density at radius 3 is 2.42 bits per heavy atom. The summed E-state index contributed by atoms with van der Waals surface area (Å²) in [6.07, 6.45) is 12.4. The summed E-state index contributed by atoms with van der Waals surface area (Å²) < 4.78 is 5.65. The number of nitrogens with two attached hydrogens (primary N) is 1. The molecular weight excluding hydrogens is 678 g/mol. The number of unbranched alkanes of at least 4 members (excludes halogenated alkanes) is 5. The molecule has 3 heterocycles. The number of carbonyl (C=O) groups is 6. The zero-order valence-electron chi connectivity index (χ0n) is 29.3. The normalized spacial score (nSPS) is 20.0. The third-order valence-electron chi connectivity index (χ3n) is 9.59. The molecule has 0 saturated carbocycles. The van der Waals surface area contributed by atoms with Crippen molar-refractivity contribution in [3.05, 3.63) is 95.0 Å². The molecule has 14 nitrogen and oxygen atoms in total. The van der Waals surface area contributed by atoms with E-state index in [4.69, 9.17) is 15.5 Å². The highest BCUT2D eigenvalue weighted by Crippen LogP contribution is 2.34. The maximum absolute atomic E-state index is 13.2. The van der Waals surface area contributed by atoms with Gasteiger partial charge in [-0.05, 0) is 55.7 Å². The van der Waals surface area contributed by atoms with Crippen molar-refractivity contribution in [3.63, 3.8) is 0 Å². The quantitative estimate of drug-likeness (QED) is 0.128. The van der Waals surface area contributed by atoms with Crippen LogP contribution in [0.4, 0.5) is 5.69 Å². The smallest absolute Gasteiger partial charge is 0.266 e. The summed E-state index contributed by atoms with van der Waals surface area (Å²) in [6.45, 7) is 0.978. The predicted molar refractivity (Wildman–Crippen MR) is 196 cm³/mol. The fourth-order valence-corrected chi connectivity index (χ4v) is 6.85. The van der Waals surface area contributed by atoms with E-state index < -0.39 is 35.6 Å². The van der Waals surface area contributed by atoms with Crippen molar-refractivity contribution in [1.82, 2.24) is 26.2 Å². The third-order valence-corrected chi connectivity index (χ3v) is 9.59. The number of primary amides is 1. The number of carbonyl (C=O) groups excluding carboxylic acids is 6. The maximum atomic E-state index is 13.2. The zero-order valence-corrected chi connectivity index (χ0v) is 29.3. The number of amides is 6. The van der Waals surface area contributed by atoms with E-state index in [1.165, 1.54) is 12.1 Å². The average Bonchev–Trinajstić information content (AvgIpc) is 3.41. The molecule has 0 aromatic heterocycles. The van der Waals surface area contributed by atoms with Gasteiger partial charge in [-0.1, -0.05) is 49.9 Å². The van der Waals surface area contributed by atoms with Crippen LogP contribution >= 0.6 is 0 Å². The van der Waals surface area contributed by atoms with Crippen LogP contribution < -0.4 is 31.7 Å². The number of allylic oxidation sites excluding steroid dienone is 4. The fourth-order valence-electron chi connectivity index (χ4n) is 6.85. The number of fused-ring (bicyclic) bond motifs is 2. The number of piperidine rings is 1. The molecule has 53 heavy (non-hydrogen) atoms. The van der Waals surface area contributed by atoms with Crippen molar-refractivity contribution < 1.29 is 33.5 Å². The summed E-state index contributed by atoms with van der Waals surface area (Å²) in [6, 6.07) is 13.0. The van der Waals surface area contributed by atoms with Crippen LogP contribution in [-0.2, 0) is 19.2 Å². The minimum Gasteiger partial charge on any atom is -0.483 e. The number of hydrogen-bond acceptors (Lipinski definition) is 10. The van der Waals surface area contributed by atoms with Gasteiger partial charge in [-0.25, -0.2) is 0 Å². The lowest BCUT2D eigenvalue weighted by Gasteiger charge is -2.31. The molecule has 4 aliphatic rings. The van der Waals surface area contributed by atoms with Crippen molar-refractivity contribution in [2.75, 3.05) is 19.7 Å². The molecular formula is C39H43N7O7. The molecule has 14 heteroatoms. The molecule has 2 aromatic rings. The molecule has 0 spiro atoms. The van der Waals surface area contributed by atoms with Gasteiger partial charge in [-0.15, -0.1) is 0 Å². The highest BCUT2D eigenvalue weighted by Gasteiger charge is 2.46. The van der Waals surface area contributed by atoms with Crippen LogP contribution in [0.3, 0.4) is 0 Å². The van der Waals surface area contributed by atoms with Crippen LogP contribution in [0.5, 0.6) is 5.75 Å². The molecule has 3 aliphatic heterocycles. The summed E-state index contributed by atoms with van der Waals surface area (Å²) >= 11 is 0. The first-order valence-corrected chi connectivity index (χ1v) is 18.0. The van der Waals surface area contributed by atoms with Crippen molar-refractivity contribution in [3.8, 4) is 5.75 Å². The topological polar surface area (TPSA) is 201 Å². The van der Waals surface area contributed by atoms with Gasteiger partial charge in [-0.3, -0.25) is 44.0 Å². The summed E-state index contributed by atoms with van der Waals surface area (Å²) in [5, 5.41) is 11.8. The summed E-state index contributed by atoms with van der Waals surface area (Å²) in [5.74, 6) is -3.35. The zero-order chi connectivity index (χ0) is 37.3. The minimum absolute atomic E-state index is 0.00630. The van der Waals surface area contributed by atoms with E-state index in [-0.39, 0.29) is 48.2 Å². The lowest BCUT2D eigenvalue weighted by atomic mass is 9.84. The largest absolute Gasteiger partial charge is 0.483 e. The van der Waals surface area contributed by atoms with E-state index in [0.717, 1.165) is 67.1 Å². The standard InChI is InChI=1S/C39H43N7O7/c40-36(49)28-22-43-29-16-15-25(21-27(29)35(28)44-24-11-6-5-7-12-24)41-19-8-3-1-2-4-9-20-42-33(48)23-53-31-14-10-13-26-34(31)39(52)46(38(26)51)30-17-18-32(47)45-37(30)50/h5-7,10-16,22,27,30,41,43H,1-4,8-9,17-21,23H2,(H2,40,49)(H,42,48)(H,45,47,50). The van der Waals surface area contributed by atoms with Crippen LogP contribution in [0.2, 0.25) is 0 Å². The Labute approximate surface area is 307 Å². The van der Waals surface area contributed by atoms with Gasteiger partial charge >= 0.3 is 0 Å². The van der Waals surface area contributed by atoms with Gasteiger partial charge in [-0.2, -0.15) is 0 Å². The van der Waals surface area contributed by atoms with E-state index in [2.05, 4.69) is 27.3 Å². The fraction of sp³-hybridized carbons (Fsp3) is 0.359. The number of nitrogens with one attached hydrogen (secondary N) is 4. The molecule has 2 atom stereocenters. The van der Waals surface area contributed by atoms with Gasteiger partial charge < -0.3 is 26.4 Å². The molecule has 0 radical (unpaired) electrons. The molecule has 1 fully saturated rings. The lowest BCUT2D eigenvalue weighted by molar-refractivity contribution is -0.136. The monoisotopic (exact) mass is 721 g/mol. The number of benzene rings is 2. The summed E-state index contributed by atoms with van der Waals surface area (Å²) in [4.78, 5) is 80.4. The second kappa shape index (κ2) is 17.0. The molecule has 6 rings (SSSR count). The van der Waals surface area contributed by atoms with E-state index >= 15 is 0 Å². The number of ether oxygens (including phenoxy) is 1. The number of imide groups is 2. The minimum atomic E-state index is -1.08. The van der Waals surface area contributed by atoms with Crippen LogP contribution in [-0.4, -0.2) is 71.8 Å². The van der Waals surface area contributed by atoms with E-state index in [1.54, 1.807) is 12.3 Å². The first-order chi connectivity index (χ1) is 25.7. The second-order valence-electron chi connectivity index (χ2n) is 13.3. The Morgan fingerprint density at radius 2 is 1.66 bits per heavy atom. The molecule has 2 unspecified atom stereocenters. The van der Waals surface area contributed by atoms with Crippen molar-refractivity contribution in [2.45, 2.75) is 63.8 Å². The van der Waals surface area contributed by atoms with Crippen molar-refractivity contribution in [1.29, 1.82) is 0 Å². The Bertz CT molecular complexity index is 1920. The molecule has 6 N–H and O–H groups in total. The highest BCUT2D eigenvalue weighted by molar-refractivity contribution is 6.25. The molecule has 6 amide bonds. The first kappa shape index (κ1) is 36.7. The molecule has 2 aromatic carbocycles. The van der Waals surface area contributed by atoms with Crippen LogP contribution in [0.1, 0.15) is 78.5 Å². The van der Waals surface area contributed by atoms with Gasteiger partial charge in [0, 0.05) is 49.4 Å². The van der Waals surface area contributed by atoms with Crippen molar-refractivity contribution >= 4 is 46.8 Å². The van der Waals surface area contributed by atoms with Gasteiger partial charge in [0.1, 0.15) is 11.8 Å². The van der Waals surface area contributed by atoms with Gasteiger partial charge in [0.25, 0.3) is 23.6 Å². The first-order valence-electron chi connectivity index (χ1n) is 18.0. The van der Waals surface area contributed by atoms with Crippen molar-refractivity contribution in [2.24, 2.45) is 16.6 Å². The molecule has 1 saturated heterocycles. The Balaban J connectivity index is 0.856. The van der Waals surface area contributed by atoms with Gasteiger partial charge in [0.15, 0.2) is 6.61 Å². The number of hydrogen-bond donors (Lipinski definition) is 5. The van der Waals surface area contributed by atoms with E-state index in [9.17, 15) is 28.8 Å². The summed E-state index contributed by atoms with van der Waals surface area (Å²) in [7, 11) is 0. The Hall–Kier alpha value is -6.05. The number of para-hydroxylation sites is 1. The number of rotatable bonds is 16. The highest BCUT2D eigenvalue weighted by atomic mass is 16.5. The third kappa shape index (κ3) is 8.71. The molecule has 276 valence electrons. The van der Waals surface area contributed by atoms with E-state index in [0.29, 0.717) is 24.3 Å². The van der Waals surface area contributed by atoms with Crippen LogP contribution in [0.15, 0.2) is 88.8 Å². The Morgan fingerprint density at radius 1 is 0.906 bits per heavy atom. The molecule has 0 bridgehead atoms.